The number of ether oxygens (including phenoxy) is 4. The molecule has 0 amide bonds. The Morgan fingerprint density at radius 1 is 0.896 bits per heavy atom. The van der Waals surface area contributed by atoms with E-state index < -0.39 is 0 Å². The smallest absolute Gasteiger partial charge is 0.263 e. The number of rotatable bonds is 19. The second kappa shape index (κ2) is 18.0. The van der Waals surface area contributed by atoms with E-state index in [0.717, 1.165) is 30.8 Å². The Balaban J connectivity index is 1.42. The number of carbonyl (C=O) groups is 1. The first-order chi connectivity index (χ1) is 23.6. The number of ketones is 1. The number of carbonyl (C=O) groups excluding carboxylic acids is 1. The van der Waals surface area contributed by atoms with Gasteiger partial charge in [-0.25, -0.2) is 0 Å². The summed E-state index contributed by atoms with van der Waals surface area (Å²) >= 11 is 3.06. The Labute approximate surface area is 287 Å². The molecule has 0 spiro atoms. The van der Waals surface area contributed by atoms with Crippen LogP contribution in [0.5, 0.6) is 0 Å². The second-order valence-corrected chi connectivity index (χ2v) is 12.6. The zero-order valence-electron chi connectivity index (χ0n) is 26.4. The lowest BCUT2D eigenvalue weighted by Crippen LogP contribution is -2.38. The van der Waals surface area contributed by atoms with E-state index in [-0.39, 0.29) is 37.8 Å². The molecule has 0 saturated carbocycles. The number of nitrogens with one attached hydrogen (secondary N) is 1. The summed E-state index contributed by atoms with van der Waals surface area (Å²) in [5.41, 5.74) is 3.10. The zero-order valence-corrected chi connectivity index (χ0v) is 28.0. The van der Waals surface area contributed by atoms with E-state index >= 15 is 0 Å². The number of benzene rings is 2. The number of aromatic nitrogens is 1. The Morgan fingerprint density at radius 3 is 2.27 bits per heavy atom. The molecule has 0 bridgehead atoms. The monoisotopic (exact) mass is 689 g/mol. The van der Waals surface area contributed by atoms with Gasteiger partial charge < -0.3 is 34.1 Å². The Kier molecular flexibility index (Phi) is 13.3. The molecule has 250 valence electrons. The van der Waals surface area contributed by atoms with Gasteiger partial charge in [0.15, 0.2) is 12.3 Å². The maximum atomic E-state index is 13.9. The van der Waals surface area contributed by atoms with Crippen LogP contribution in [-0.2, 0) is 30.3 Å². The van der Waals surface area contributed by atoms with Gasteiger partial charge in [0.25, 0.3) is 5.01 Å². The summed E-state index contributed by atoms with van der Waals surface area (Å²) in [5.74, 6) is 2.03. The highest BCUT2D eigenvalue weighted by atomic mass is 32.2. The van der Waals surface area contributed by atoms with Gasteiger partial charge in [-0.1, -0.05) is 47.4 Å². The fraction of sp³-hybridized carbons (Fsp3) is 0.343. The summed E-state index contributed by atoms with van der Waals surface area (Å²) in [6.07, 6.45) is 3.59. The minimum Gasteiger partial charge on any atom is -0.394 e. The van der Waals surface area contributed by atoms with Crippen LogP contribution in [0.1, 0.15) is 5.01 Å². The molecule has 0 fully saturated rings. The SMILES string of the molecule is N#CC(=C=N)C1=C(/C=C2\Sc3ccccc3N2CCOCCOCCO)C(=O)/C1=C\c1sc2ccccc2[n+]1CCOCCOCCO. The summed E-state index contributed by atoms with van der Waals surface area (Å²) in [7, 11) is 0. The van der Waals surface area contributed by atoms with Crippen LogP contribution in [0.15, 0.2) is 86.8 Å². The molecule has 11 nitrogen and oxygen atoms in total. The highest BCUT2D eigenvalue weighted by Crippen LogP contribution is 2.48. The third-order valence-corrected chi connectivity index (χ3v) is 9.68. The predicted molar refractivity (Wildman–Crippen MR) is 184 cm³/mol. The number of Topliss-reactive ketones (excluding diaryl/α,β-unsaturated/α-hetero) is 1. The topological polar surface area (TPSA) is 149 Å². The van der Waals surface area contributed by atoms with E-state index in [4.69, 9.17) is 34.6 Å². The van der Waals surface area contributed by atoms with Gasteiger partial charge in [-0.2, -0.15) is 9.83 Å². The fourth-order valence-electron chi connectivity index (χ4n) is 5.26. The molecule has 48 heavy (non-hydrogen) atoms. The molecule has 0 saturated heterocycles. The number of thiazole rings is 1. The highest BCUT2D eigenvalue weighted by molar-refractivity contribution is 8.03. The van der Waals surface area contributed by atoms with E-state index in [1.54, 1.807) is 12.2 Å². The van der Waals surface area contributed by atoms with Crippen LogP contribution in [0.25, 0.3) is 16.3 Å². The van der Waals surface area contributed by atoms with E-state index in [9.17, 15) is 10.1 Å². The molecular weight excluding hydrogens is 653 g/mol. The zero-order chi connectivity index (χ0) is 33.7. The van der Waals surface area contributed by atoms with Gasteiger partial charge >= 0.3 is 0 Å². The number of nitriles is 1. The van der Waals surface area contributed by atoms with Crippen LogP contribution in [0.2, 0.25) is 0 Å². The molecule has 3 aromatic rings. The minimum absolute atomic E-state index is 0.00940. The van der Waals surface area contributed by atoms with Crippen molar-refractivity contribution in [1.82, 2.24) is 0 Å². The number of anilines is 1. The van der Waals surface area contributed by atoms with Gasteiger partial charge in [0.05, 0.1) is 70.2 Å². The van der Waals surface area contributed by atoms with Crippen molar-refractivity contribution in [3.05, 3.63) is 86.9 Å². The molecule has 1 aliphatic carbocycles. The molecule has 1 aliphatic heterocycles. The largest absolute Gasteiger partial charge is 0.394 e. The predicted octanol–water partition coefficient (Wildman–Crippen LogP) is 3.65. The minimum atomic E-state index is -0.212. The summed E-state index contributed by atoms with van der Waals surface area (Å²) in [5, 5.41) is 37.2. The lowest BCUT2D eigenvalue weighted by molar-refractivity contribution is -0.670. The van der Waals surface area contributed by atoms with Crippen LogP contribution in [0.3, 0.4) is 0 Å². The van der Waals surface area contributed by atoms with Crippen LogP contribution >= 0.6 is 23.1 Å². The fourth-order valence-corrected chi connectivity index (χ4v) is 7.52. The molecule has 13 heteroatoms. The quantitative estimate of drug-likeness (QED) is 0.0560. The van der Waals surface area contributed by atoms with Gasteiger partial charge in [-0.15, -0.1) is 0 Å². The van der Waals surface area contributed by atoms with Gasteiger partial charge in [-0.05, 0) is 30.1 Å². The van der Waals surface area contributed by atoms with Gasteiger partial charge in [0.1, 0.15) is 22.9 Å². The maximum absolute atomic E-state index is 13.9. The number of hydrogen-bond acceptors (Lipinski definition) is 12. The van der Waals surface area contributed by atoms with Crippen molar-refractivity contribution in [1.29, 1.82) is 10.7 Å². The number of fused-ring (bicyclic) bond motifs is 2. The first-order valence-corrected chi connectivity index (χ1v) is 17.2. The number of hydrogen-bond donors (Lipinski definition) is 3. The van der Waals surface area contributed by atoms with Crippen molar-refractivity contribution < 1.29 is 38.5 Å². The number of nitrogens with zero attached hydrogens (tertiary/aromatic N) is 3. The number of aliphatic hydroxyl groups excluding tert-OH is 2. The van der Waals surface area contributed by atoms with Gasteiger partial charge in [0, 0.05) is 40.3 Å². The summed E-state index contributed by atoms with van der Waals surface area (Å²) in [6.45, 7) is 3.89. The van der Waals surface area contributed by atoms with E-state index in [1.165, 1.54) is 23.1 Å². The third kappa shape index (κ3) is 8.37. The Morgan fingerprint density at radius 2 is 1.56 bits per heavy atom. The molecular formula is C35H37N4O7S2+. The standard InChI is InChI=1S/C35H37N4O7S2/c36-23-25(24-37)34-26(21-32-38(9-13-43-17-19-45-15-11-40)28-5-1-3-7-30(28)47-32)35(42)27(34)22-33-39(10-14-44-18-20-46-16-12-41)29-6-2-4-8-31(29)48-33/h1-8,21-22,36,40-41H,9-20H2/q+1. The number of aliphatic hydroxyl groups is 2. The summed E-state index contributed by atoms with van der Waals surface area (Å²) in [4.78, 5) is 17.0. The molecule has 2 heterocycles. The number of allylic oxidation sites excluding steroid dienone is 5. The lowest BCUT2D eigenvalue weighted by atomic mass is 9.77. The third-order valence-electron chi connectivity index (χ3n) is 7.46. The average molecular weight is 690 g/mol. The van der Waals surface area contributed by atoms with Crippen molar-refractivity contribution >= 4 is 56.7 Å². The molecule has 0 radical (unpaired) electrons. The van der Waals surface area contributed by atoms with E-state index in [1.807, 2.05) is 48.5 Å². The number of thioether (sulfide) groups is 1. The first-order valence-electron chi connectivity index (χ1n) is 15.5. The normalized spacial score (nSPS) is 15.7. The summed E-state index contributed by atoms with van der Waals surface area (Å²) in [6, 6.07) is 18.0. The lowest BCUT2D eigenvalue weighted by Gasteiger charge is -2.25. The molecule has 2 aliphatic rings. The van der Waals surface area contributed by atoms with Gasteiger partial charge in [-0.3, -0.25) is 10.2 Å². The first kappa shape index (κ1) is 35.4. The molecule has 3 N–H and O–H groups in total. The van der Waals surface area contributed by atoms with Crippen molar-refractivity contribution in [3.8, 4) is 6.07 Å². The molecule has 2 aromatic carbocycles. The van der Waals surface area contributed by atoms with Crippen LogP contribution in [0.4, 0.5) is 5.69 Å². The van der Waals surface area contributed by atoms with Crippen LogP contribution in [-0.4, -0.2) is 94.5 Å². The molecule has 5 rings (SSSR count). The molecule has 0 atom stereocenters. The summed E-state index contributed by atoms with van der Waals surface area (Å²) < 4.78 is 25.2. The maximum Gasteiger partial charge on any atom is 0.263 e. The highest BCUT2D eigenvalue weighted by Gasteiger charge is 2.38. The number of para-hydroxylation sites is 2. The van der Waals surface area contributed by atoms with E-state index in [2.05, 4.69) is 21.4 Å². The molecule has 1 aromatic heterocycles. The van der Waals surface area contributed by atoms with Crippen molar-refractivity contribution in [2.24, 2.45) is 0 Å². The van der Waals surface area contributed by atoms with Crippen molar-refractivity contribution in [2.75, 3.05) is 77.5 Å². The van der Waals surface area contributed by atoms with Crippen LogP contribution in [0, 0.1) is 16.7 Å². The van der Waals surface area contributed by atoms with Gasteiger partial charge in [0.2, 0.25) is 5.52 Å². The molecule has 0 unspecified atom stereocenters. The Hall–Kier alpha value is -3.93. The Bertz CT molecular complexity index is 1800. The second-order valence-electron chi connectivity index (χ2n) is 10.4. The van der Waals surface area contributed by atoms with Crippen molar-refractivity contribution in [3.63, 3.8) is 0 Å². The van der Waals surface area contributed by atoms with E-state index in [0.29, 0.717) is 69.5 Å². The average Bonchev–Trinajstić information content (AvgIpc) is 3.65. The van der Waals surface area contributed by atoms with Crippen LogP contribution < -0.4 is 9.47 Å². The van der Waals surface area contributed by atoms with Crippen molar-refractivity contribution in [2.45, 2.75) is 11.4 Å².